The topological polar surface area (TPSA) is 0 Å². The molecule has 152 valence electrons. The van der Waals surface area contributed by atoms with E-state index >= 15 is 0 Å². The lowest BCUT2D eigenvalue weighted by Crippen LogP contribution is -1.95. The quantitative estimate of drug-likeness (QED) is 0.439. The zero-order valence-electron chi connectivity index (χ0n) is 18.8. The van der Waals surface area contributed by atoms with E-state index in [0.29, 0.717) is 0 Å². The summed E-state index contributed by atoms with van der Waals surface area (Å²) in [5.74, 6) is 1.64. The van der Waals surface area contributed by atoms with Crippen LogP contribution < -0.4 is 0 Å². The van der Waals surface area contributed by atoms with Gasteiger partial charge >= 0.3 is 0 Å². The van der Waals surface area contributed by atoms with E-state index < -0.39 is 0 Å². The van der Waals surface area contributed by atoms with Crippen molar-refractivity contribution >= 4 is 5.57 Å². The highest BCUT2D eigenvalue weighted by atomic mass is 14.3. The predicted molar refractivity (Wildman–Crippen MR) is 128 cm³/mol. The summed E-state index contributed by atoms with van der Waals surface area (Å²) in [7, 11) is 0. The van der Waals surface area contributed by atoms with E-state index in [9.17, 15) is 0 Å². The molecular formula is C29H36. The van der Waals surface area contributed by atoms with E-state index in [4.69, 9.17) is 6.58 Å². The standard InChI is InChI=1S/C12H11.C11H9.C4H10.C2H6/c1-2-4-11-8-12(9-5-6-9)7-10(11)3-1;1-2-9-7-8-10-5-3-4-6-11(9)10;1-4(2)3;1-2/h1-6,12H,7-8H2;1,3-6H,7-8H2;4H,1-3H3;1-2H3. The lowest BCUT2D eigenvalue weighted by atomic mass is 10.0. The smallest absolute Gasteiger partial charge is 0.00834 e. The molecule has 0 fully saturated rings. The second-order valence-corrected chi connectivity index (χ2v) is 8.22. The van der Waals surface area contributed by atoms with Gasteiger partial charge in [-0.1, -0.05) is 94.8 Å². The highest BCUT2D eigenvalue weighted by Gasteiger charge is 2.27. The third kappa shape index (κ3) is 6.91. The van der Waals surface area contributed by atoms with Gasteiger partial charge in [-0.15, -0.1) is 5.73 Å². The summed E-state index contributed by atoms with van der Waals surface area (Å²) >= 11 is 0. The average Bonchev–Trinajstić information content (AvgIpc) is 3.36. The Balaban J connectivity index is 0.000000165. The van der Waals surface area contributed by atoms with E-state index in [1.165, 1.54) is 29.5 Å². The number of aryl methyl sites for hydroxylation is 1. The van der Waals surface area contributed by atoms with Crippen LogP contribution in [0.3, 0.4) is 0 Å². The van der Waals surface area contributed by atoms with Gasteiger partial charge in [0, 0.05) is 12.0 Å². The van der Waals surface area contributed by atoms with Crippen LogP contribution in [0.4, 0.5) is 0 Å². The normalized spacial score (nSPS) is 15.4. The van der Waals surface area contributed by atoms with Crippen molar-refractivity contribution < 1.29 is 0 Å². The van der Waals surface area contributed by atoms with Crippen LogP contribution in [0.25, 0.3) is 5.57 Å². The molecule has 2 aromatic carbocycles. The van der Waals surface area contributed by atoms with Crippen molar-refractivity contribution in [2.75, 3.05) is 0 Å². The molecule has 0 unspecified atom stereocenters. The minimum absolute atomic E-state index is 0.808. The monoisotopic (exact) mass is 384 g/mol. The summed E-state index contributed by atoms with van der Waals surface area (Å²) in [6.07, 6.45) is 9.19. The Bertz CT molecular complexity index is 831. The van der Waals surface area contributed by atoms with Crippen LogP contribution >= 0.6 is 0 Å². The van der Waals surface area contributed by atoms with Crippen molar-refractivity contribution in [3.8, 4) is 0 Å². The minimum Gasteiger partial charge on any atom is -0.116 e. The lowest BCUT2D eigenvalue weighted by molar-refractivity contribution is 0.687. The first-order valence-corrected chi connectivity index (χ1v) is 11.1. The Labute approximate surface area is 179 Å². The molecular weight excluding hydrogens is 348 g/mol. The number of hydrogen-bond donors (Lipinski definition) is 0. The summed E-state index contributed by atoms with van der Waals surface area (Å²) in [4.78, 5) is 0. The highest BCUT2D eigenvalue weighted by Crippen LogP contribution is 2.37. The summed E-state index contributed by atoms with van der Waals surface area (Å²) in [5.41, 5.74) is 11.3. The summed E-state index contributed by atoms with van der Waals surface area (Å²) in [5, 5.41) is 0. The number of benzene rings is 2. The molecule has 5 rings (SSSR count). The van der Waals surface area contributed by atoms with Crippen LogP contribution in [0, 0.1) is 24.8 Å². The summed E-state index contributed by atoms with van der Waals surface area (Å²) in [6.45, 7) is 15.9. The van der Waals surface area contributed by atoms with Crippen LogP contribution in [-0.4, -0.2) is 0 Å². The second kappa shape index (κ2) is 11.6. The number of rotatable bonds is 1. The maximum absolute atomic E-state index is 5.36. The van der Waals surface area contributed by atoms with Gasteiger partial charge in [-0.3, -0.25) is 0 Å². The molecule has 0 amide bonds. The first-order valence-electron chi connectivity index (χ1n) is 11.1. The molecule has 0 bridgehead atoms. The van der Waals surface area contributed by atoms with E-state index in [2.05, 4.69) is 81.5 Å². The second-order valence-electron chi connectivity index (χ2n) is 8.22. The molecule has 0 heterocycles. The average molecular weight is 385 g/mol. The van der Waals surface area contributed by atoms with E-state index in [-0.39, 0.29) is 0 Å². The SMILES string of the molecule is CC.CC(C)C.[CH]1C=C1C1Cc2ccccc2C1.[CH]=C=C1CCc2ccccc21. The van der Waals surface area contributed by atoms with Gasteiger partial charge in [0.1, 0.15) is 0 Å². The Kier molecular flexibility index (Phi) is 9.23. The van der Waals surface area contributed by atoms with Gasteiger partial charge in [-0.05, 0) is 66.4 Å². The molecule has 2 aromatic rings. The molecule has 3 aliphatic rings. The first kappa shape index (κ1) is 23.0. The fourth-order valence-corrected chi connectivity index (χ4v) is 3.69. The van der Waals surface area contributed by atoms with E-state index in [0.717, 1.165) is 24.7 Å². The minimum atomic E-state index is 0.808. The molecule has 0 N–H and O–H groups in total. The van der Waals surface area contributed by atoms with Crippen molar-refractivity contribution in [3.63, 3.8) is 0 Å². The maximum atomic E-state index is 5.36. The van der Waals surface area contributed by atoms with Gasteiger partial charge < -0.3 is 0 Å². The fraction of sp³-hybridized carbons (Fsp3) is 0.379. The molecule has 0 heteroatoms. The Morgan fingerprint density at radius 3 is 1.79 bits per heavy atom. The van der Waals surface area contributed by atoms with Crippen LogP contribution in [0.5, 0.6) is 0 Å². The molecule has 3 aliphatic carbocycles. The van der Waals surface area contributed by atoms with Crippen LogP contribution in [0.2, 0.25) is 0 Å². The summed E-state index contributed by atoms with van der Waals surface area (Å²) in [6, 6.07) is 17.2. The highest BCUT2D eigenvalue weighted by molar-refractivity contribution is 5.71. The molecule has 0 atom stereocenters. The molecule has 0 saturated heterocycles. The van der Waals surface area contributed by atoms with Gasteiger partial charge in [0.2, 0.25) is 0 Å². The zero-order chi connectivity index (χ0) is 21.2. The van der Waals surface area contributed by atoms with Gasteiger partial charge in [-0.25, -0.2) is 0 Å². The largest absolute Gasteiger partial charge is 0.116 e. The molecule has 29 heavy (non-hydrogen) atoms. The third-order valence-corrected chi connectivity index (χ3v) is 5.04. The first-order chi connectivity index (χ1) is 14.1. The van der Waals surface area contributed by atoms with Crippen molar-refractivity contribution in [2.45, 2.75) is 60.3 Å². The van der Waals surface area contributed by atoms with Crippen LogP contribution in [-0.2, 0) is 19.3 Å². The molecule has 0 nitrogen and oxygen atoms in total. The maximum Gasteiger partial charge on any atom is 0.00834 e. The van der Waals surface area contributed by atoms with Gasteiger partial charge in [0.25, 0.3) is 0 Å². The van der Waals surface area contributed by atoms with Gasteiger partial charge in [0.05, 0.1) is 0 Å². The predicted octanol–water partition coefficient (Wildman–Crippen LogP) is 7.84. The van der Waals surface area contributed by atoms with Crippen LogP contribution in [0.1, 0.15) is 63.3 Å². The Morgan fingerprint density at radius 2 is 1.31 bits per heavy atom. The van der Waals surface area contributed by atoms with Crippen molar-refractivity contribution in [2.24, 2.45) is 11.8 Å². The fourth-order valence-electron chi connectivity index (χ4n) is 3.69. The number of fused-ring (bicyclic) bond motifs is 2. The van der Waals surface area contributed by atoms with Crippen molar-refractivity contribution in [1.82, 2.24) is 0 Å². The van der Waals surface area contributed by atoms with Gasteiger partial charge in [-0.2, -0.15) is 0 Å². The Morgan fingerprint density at radius 1 is 0.828 bits per heavy atom. The molecule has 0 spiro atoms. The van der Waals surface area contributed by atoms with Gasteiger partial charge in [0.15, 0.2) is 0 Å². The van der Waals surface area contributed by atoms with E-state index in [1.807, 2.05) is 19.9 Å². The molecule has 0 saturated carbocycles. The third-order valence-electron chi connectivity index (χ3n) is 5.04. The number of allylic oxidation sites excluding steroid dienone is 3. The number of hydrogen-bond acceptors (Lipinski definition) is 0. The molecule has 2 radical (unpaired) electrons. The lowest BCUT2D eigenvalue weighted by Gasteiger charge is -2.00. The van der Waals surface area contributed by atoms with Crippen molar-refractivity contribution in [3.05, 3.63) is 101 Å². The van der Waals surface area contributed by atoms with Crippen LogP contribution in [0.15, 0.2) is 65.9 Å². The molecule has 0 aromatic heterocycles. The van der Waals surface area contributed by atoms with Crippen molar-refractivity contribution in [1.29, 1.82) is 0 Å². The Hall–Kier alpha value is -2.30. The molecule has 0 aliphatic heterocycles. The zero-order valence-corrected chi connectivity index (χ0v) is 18.8. The summed E-state index contributed by atoms with van der Waals surface area (Å²) < 4.78 is 0. The van der Waals surface area contributed by atoms with E-state index in [1.54, 1.807) is 16.7 Å².